The summed E-state index contributed by atoms with van der Waals surface area (Å²) in [4.78, 5) is 10.9. The van der Waals surface area contributed by atoms with Gasteiger partial charge in [-0.3, -0.25) is 4.79 Å². The fourth-order valence-corrected chi connectivity index (χ4v) is 1.96. The molecular weight excluding hydrogens is 192 g/mol. The SMILES string of the molecule is CCCCCCC(C)(O)C(CC)C(=O)O. The molecule has 0 bridgehead atoms. The number of carboxylic acid groups (broad SMARTS) is 1. The fourth-order valence-electron chi connectivity index (χ4n) is 1.96. The minimum absolute atomic E-state index is 0.482. The Labute approximate surface area is 92.5 Å². The van der Waals surface area contributed by atoms with Crippen molar-refractivity contribution in [2.75, 3.05) is 0 Å². The third-order valence-electron chi connectivity index (χ3n) is 2.99. The summed E-state index contributed by atoms with van der Waals surface area (Å²) in [5, 5.41) is 19.0. The molecule has 2 unspecified atom stereocenters. The highest BCUT2D eigenvalue weighted by molar-refractivity contribution is 5.71. The second-order valence-electron chi connectivity index (χ2n) is 4.47. The van der Waals surface area contributed by atoms with E-state index in [1.807, 2.05) is 0 Å². The third kappa shape index (κ3) is 5.17. The van der Waals surface area contributed by atoms with Crippen LogP contribution in [0.15, 0.2) is 0 Å². The largest absolute Gasteiger partial charge is 0.481 e. The molecule has 90 valence electrons. The van der Waals surface area contributed by atoms with Crippen molar-refractivity contribution in [1.29, 1.82) is 0 Å². The van der Waals surface area contributed by atoms with Crippen molar-refractivity contribution >= 4 is 5.97 Å². The summed E-state index contributed by atoms with van der Waals surface area (Å²) in [6.45, 7) is 5.57. The molecule has 2 N–H and O–H groups in total. The van der Waals surface area contributed by atoms with Crippen LogP contribution in [0.3, 0.4) is 0 Å². The monoisotopic (exact) mass is 216 g/mol. The van der Waals surface area contributed by atoms with Gasteiger partial charge in [0.05, 0.1) is 11.5 Å². The smallest absolute Gasteiger partial charge is 0.309 e. The van der Waals surface area contributed by atoms with E-state index < -0.39 is 17.5 Å². The van der Waals surface area contributed by atoms with E-state index in [1.165, 1.54) is 0 Å². The first-order chi connectivity index (χ1) is 6.95. The lowest BCUT2D eigenvalue weighted by Gasteiger charge is -2.29. The maximum absolute atomic E-state index is 10.9. The second kappa shape index (κ2) is 6.83. The lowest BCUT2D eigenvalue weighted by atomic mass is 9.83. The number of rotatable bonds is 8. The van der Waals surface area contributed by atoms with Crippen molar-refractivity contribution < 1.29 is 15.0 Å². The molecule has 0 radical (unpaired) electrons. The van der Waals surface area contributed by atoms with E-state index in [0.29, 0.717) is 12.8 Å². The molecule has 0 aromatic rings. The van der Waals surface area contributed by atoms with Gasteiger partial charge in [-0.05, 0) is 19.8 Å². The first kappa shape index (κ1) is 14.4. The van der Waals surface area contributed by atoms with Gasteiger partial charge in [-0.1, -0.05) is 39.5 Å². The van der Waals surface area contributed by atoms with E-state index >= 15 is 0 Å². The third-order valence-corrected chi connectivity index (χ3v) is 2.99. The molecule has 0 aromatic heterocycles. The van der Waals surface area contributed by atoms with Crippen LogP contribution in [0.25, 0.3) is 0 Å². The maximum atomic E-state index is 10.9. The Morgan fingerprint density at radius 2 is 1.87 bits per heavy atom. The standard InChI is InChI=1S/C12H24O3/c1-4-6-7-8-9-12(3,15)10(5-2)11(13)14/h10,15H,4-9H2,1-3H3,(H,13,14). The molecule has 0 amide bonds. The van der Waals surface area contributed by atoms with Crippen LogP contribution in [0.5, 0.6) is 0 Å². The normalized spacial score (nSPS) is 17.1. The van der Waals surface area contributed by atoms with Gasteiger partial charge in [-0.15, -0.1) is 0 Å². The van der Waals surface area contributed by atoms with Crippen LogP contribution in [-0.4, -0.2) is 21.8 Å². The molecule has 0 aliphatic heterocycles. The fraction of sp³-hybridized carbons (Fsp3) is 0.917. The Bertz CT molecular complexity index is 187. The van der Waals surface area contributed by atoms with Gasteiger partial charge in [0.1, 0.15) is 0 Å². The summed E-state index contributed by atoms with van der Waals surface area (Å²) in [5.41, 5.74) is -1.06. The van der Waals surface area contributed by atoms with Crippen LogP contribution in [-0.2, 0) is 4.79 Å². The average Bonchev–Trinajstić information content (AvgIpc) is 2.12. The first-order valence-electron chi connectivity index (χ1n) is 5.90. The van der Waals surface area contributed by atoms with E-state index in [2.05, 4.69) is 6.92 Å². The van der Waals surface area contributed by atoms with Gasteiger partial charge in [0.15, 0.2) is 0 Å². The zero-order valence-electron chi connectivity index (χ0n) is 10.1. The molecule has 0 saturated carbocycles. The Hall–Kier alpha value is -0.570. The zero-order valence-corrected chi connectivity index (χ0v) is 10.1. The first-order valence-corrected chi connectivity index (χ1v) is 5.90. The summed E-state index contributed by atoms with van der Waals surface area (Å²) >= 11 is 0. The lowest BCUT2D eigenvalue weighted by Crippen LogP contribution is -2.39. The number of carbonyl (C=O) groups is 1. The summed E-state index contributed by atoms with van der Waals surface area (Å²) in [6.07, 6.45) is 5.35. The maximum Gasteiger partial charge on any atom is 0.309 e. The van der Waals surface area contributed by atoms with Gasteiger partial charge < -0.3 is 10.2 Å². The summed E-state index contributed by atoms with van der Waals surface area (Å²) < 4.78 is 0. The van der Waals surface area contributed by atoms with Crippen LogP contribution in [0.4, 0.5) is 0 Å². The number of hydrogen-bond donors (Lipinski definition) is 2. The van der Waals surface area contributed by atoms with Crippen molar-refractivity contribution in [1.82, 2.24) is 0 Å². The lowest BCUT2D eigenvalue weighted by molar-refractivity contribution is -0.151. The van der Waals surface area contributed by atoms with Gasteiger partial charge in [0, 0.05) is 0 Å². The van der Waals surface area contributed by atoms with Crippen LogP contribution in [0, 0.1) is 5.92 Å². The highest BCUT2D eigenvalue weighted by Gasteiger charge is 2.35. The second-order valence-corrected chi connectivity index (χ2v) is 4.47. The molecule has 15 heavy (non-hydrogen) atoms. The van der Waals surface area contributed by atoms with E-state index in [-0.39, 0.29) is 0 Å². The number of carboxylic acids is 1. The average molecular weight is 216 g/mol. The van der Waals surface area contributed by atoms with E-state index in [0.717, 1.165) is 25.7 Å². The van der Waals surface area contributed by atoms with E-state index in [1.54, 1.807) is 13.8 Å². The Morgan fingerprint density at radius 1 is 1.27 bits per heavy atom. The van der Waals surface area contributed by atoms with Crippen LogP contribution < -0.4 is 0 Å². The molecule has 0 fully saturated rings. The number of aliphatic carboxylic acids is 1. The number of hydrogen-bond acceptors (Lipinski definition) is 2. The molecule has 0 aromatic carbocycles. The minimum atomic E-state index is -1.06. The summed E-state index contributed by atoms with van der Waals surface area (Å²) in [5.74, 6) is -1.53. The Kier molecular flexibility index (Phi) is 6.57. The van der Waals surface area contributed by atoms with Crippen molar-refractivity contribution in [3.63, 3.8) is 0 Å². The molecule has 0 aliphatic rings. The van der Waals surface area contributed by atoms with Gasteiger partial charge in [-0.25, -0.2) is 0 Å². The van der Waals surface area contributed by atoms with Crippen LogP contribution >= 0.6 is 0 Å². The Morgan fingerprint density at radius 3 is 2.27 bits per heavy atom. The highest BCUT2D eigenvalue weighted by atomic mass is 16.4. The summed E-state index contributed by atoms with van der Waals surface area (Å²) in [7, 11) is 0. The van der Waals surface area contributed by atoms with Gasteiger partial charge in [-0.2, -0.15) is 0 Å². The van der Waals surface area contributed by atoms with Crippen LogP contribution in [0.2, 0.25) is 0 Å². The topological polar surface area (TPSA) is 57.5 Å². The van der Waals surface area contributed by atoms with Gasteiger partial charge in [0.2, 0.25) is 0 Å². The van der Waals surface area contributed by atoms with Gasteiger partial charge >= 0.3 is 5.97 Å². The Balaban J connectivity index is 4.07. The highest BCUT2D eigenvalue weighted by Crippen LogP contribution is 2.26. The number of unbranched alkanes of at least 4 members (excludes halogenated alkanes) is 3. The van der Waals surface area contributed by atoms with Crippen molar-refractivity contribution in [3.05, 3.63) is 0 Å². The molecular formula is C12H24O3. The van der Waals surface area contributed by atoms with Crippen molar-refractivity contribution in [2.24, 2.45) is 5.92 Å². The molecule has 0 spiro atoms. The van der Waals surface area contributed by atoms with Crippen molar-refractivity contribution in [2.45, 2.75) is 64.9 Å². The van der Waals surface area contributed by atoms with Crippen LogP contribution in [0.1, 0.15) is 59.3 Å². The molecule has 2 atom stereocenters. The quantitative estimate of drug-likeness (QED) is 0.613. The van der Waals surface area contributed by atoms with E-state index in [4.69, 9.17) is 5.11 Å². The molecule has 0 rings (SSSR count). The zero-order chi connectivity index (χ0) is 11.9. The summed E-state index contributed by atoms with van der Waals surface area (Å²) in [6, 6.07) is 0. The predicted octanol–water partition coefficient (Wildman–Crippen LogP) is 2.82. The van der Waals surface area contributed by atoms with Gasteiger partial charge in [0.25, 0.3) is 0 Å². The predicted molar refractivity (Wildman–Crippen MR) is 60.8 cm³/mol. The minimum Gasteiger partial charge on any atom is -0.481 e. The molecule has 3 nitrogen and oxygen atoms in total. The number of aliphatic hydroxyl groups is 1. The molecule has 0 heterocycles. The molecule has 0 saturated heterocycles. The van der Waals surface area contributed by atoms with E-state index in [9.17, 15) is 9.90 Å². The van der Waals surface area contributed by atoms with Crippen molar-refractivity contribution in [3.8, 4) is 0 Å². The molecule has 0 aliphatic carbocycles. The molecule has 3 heteroatoms.